The summed E-state index contributed by atoms with van der Waals surface area (Å²) < 4.78 is 26.0. The molecule has 0 aliphatic carbocycles. The Balaban J connectivity index is 2.03. The van der Waals surface area contributed by atoms with Crippen molar-refractivity contribution in [1.82, 2.24) is 19.9 Å². The minimum absolute atomic E-state index is 0.0764. The molecule has 1 N–H and O–H groups in total. The second-order valence-corrected chi connectivity index (χ2v) is 8.92. The zero-order valence-corrected chi connectivity index (χ0v) is 15.8. The fourth-order valence-electron chi connectivity index (χ4n) is 3.09. The number of amides is 1. The summed E-state index contributed by atoms with van der Waals surface area (Å²) in [6.45, 7) is 1.36. The topological polar surface area (TPSA) is 118 Å². The summed E-state index contributed by atoms with van der Waals surface area (Å²) in [6, 6.07) is 4.46. The van der Waals surface area contributed by atoms with Gasteiger partial charge in [-0.15, -0.1) is 11.8 Å². The van der Waals surface area contributed by atoms with Crippen LogP contribution in [0.1, 0.15) is 18.5 Å². The van der Waals surface area contributed by atoms with Crippen LogP contribution in [0.5, 0.6) is 0 Å². The lowest BCUT2D eigenvalue weighted by Crippen LogP contribution is -2.39. The minimum atomic E-state index is -3.27. The Hall–Kier alpha value is -2.38. The molecular formula is C16H17N5O3S2. The Morgan fingerprint density at radius 2 is 2.19 bits per heavy atom. The average Bonchev–Trinajstić information content (AvgIpc) is 3.17. The molecule has 1 saturated heterocycles. The van der Waals surface area contributed by atoms with Gasteiger partial charge >= 0.3 is 0 Å². The van der Waals surface area contributed by atoms with Crippen molar-refractivity contribution < 1.29 is 13.2 Å². The molecule has 2 aromatic heterocycles. The lowest BCUT2D eigenvalue weighted by atomic mass is 10.1. The molecule has 2 atom stereocenters. The third kappa shape index (κ3) is 3.59. The zero-order chi connectivity index (χ0) is 18.9. The van der Waals surface area contributed by atoms with E-state index in [1.54, 1.807) is 29.1 Å². The Kier molecular flexibility index (Phi) is 5.02. The van der Waals surface area contributed by atoms with Crippen LogP contribution in [0.3, 0.4) is 0 Å². The Morgan fingerprint density at radius 3 is 2.85 bits per heavy atom. The van der Waals surface area contributed by atoms with Gasteiger partial charge in [0.15, 0.2) is 15.7 Å². The van der Waals surface area contributed by atoms with Crippen LogP contribution in [-0.2, 0) is 14.6 Å². The van der Waals surface area contributed by atoms with E-state index in [0.717, 1.165) is 0 Å². The van der Waals surface area contributed by atoms with Crippen molar-refractivity contribution in [3.05, 3.63) is 30.1 Å². The van der Waals surface area contributed by atoms with Crippen LogP contribution in [-0.4, -0.2) is 52.7 Å². The van der Waals surface area contributed by atoms with E-state index in [9.17, 15) is 13.2 Å². The van der Waals surface area contributed by atoms with Crippen LogP contribution < -0.4 is 5.32 Å². The molecule has 8 nitrogen and oxygen atoms in total. The van der Waals surface area contributed by atoms with Crippen LogP contribution in [0, 0.1) is 11.3 Å². The number of hydrogen-bond acceptors (Lipinski definition) is 7. The number of nitrogens with one attached hydrogen (secondary N) is 1. The predicted molar refractivity (Wildman–Crippen MR) is 97.2 cm³/mol. The van der Waals surface area contributed by atoms with Gasteiger partial charge in [0, 0.05) is 19.3 Å². The summed E-state index contributed by atoms with van der Waals surface area (Å²) in [7, 11) is -3.27. The quantitative estimate of drug-likeness (QED) is 0.773. The van der Waals surface area contributed by atoms with Gasteiger partial charge in [-0.2, -0.15) is 5.26 Å². The first-order valence-corrected chi connectivity index (χ1v) is 10.8. The normalized spacial score (nSPS) is 21.3. The number of aromatic nitrogens is 3. The fourth-order valence-corrected chi connectivity index (χ4v) is 5.51. The summed E-state index contributed by atoms with van der Waals surface area (Å²) in [4.78, 5) is 20.3. The summed E-state index contributed by atoms with van der Waals surface area (Å²) in [5, 5.41) is 12.4. The minimum Gasteiger partial charge on any atom is -0.350 e. The maximum absolute atomic E-state index is 12.1. The number of pyridine rings is 1. The number of carbonyl (C=O) groups excluding carboxylic acids is 1. The van der Waals surface area contributed by atoms with Crippen molar-refractivity contribution >= 4 is 27.5 Å². The first-order chi connectivity index (χ1) is 12.3. The molecule has 10 heteroatoms. The maximum Gasteiger partial charge on any atom is 0.217 e. The second-order valence-electron chi connectivity index (χ2n) is 5.97. The SMILES string of the molecule is CSc1nc(-c2nccn2[C@@H]2CS(=O)(=O)C[C@H]2NC(C)=O)ccc1C#N. The van der Waals surface area contributed by atoms with E-state index in [4.69, 9.17) is 5.26 Å². The molecule has 26 heavy (non-hydrogen) atoms. The number of nitriles is 1. The Bertz CT molecular complexity index is 994. The molecule has 0 radical (unpaired) electrons. The van der Waals surface area contributed by atoms with E-state index >= 15 is 0 Å². The van der Waals surface area contributed by atoms with Gasteiger partial charge in [-0.1, -0.05) is 0 Å². The number of rotatable bonds is 4. The number of sulfone groups is 1. The van der Waals surface area contributed by atoms with E-state index in [1.807, 2.05) is 6.26 Å². The van der Waals surface area contributed by atoms with Gasteiger partial charge in [0.2, 0.25) is 5.91 Å². The van der Waals surface area contributed by atoms with Crippen LogP contribution in [0.4, 0.5) is 0 Å². The molecule has 0 bridgehead atoms. The Labute approximate surface area is 155 Å². The number of thioether (sulfide) groups is 1. The molecule has 1 aliphatic heterocycles. The highest BCUT2D eigenvalue weighted by Gasteiger charge is 2.40. The van der Waals surface area contributed by atoms with Gasteiger partial charge < -0.3 is 9.88 Å². The van der Waals surface area contributed by atoms with Crippen molar-refractivity contribution in [2.45, 2.75) is 24.0 Å². The molecule has 0 saturated carbocycles. The van der Waals surface area contributed by atoms with Crippen LogP contribution in [0.25, 0.3) is 11.5 Å². The van der Waals surface area contributed by atoms with Gasteiger partial charge in [0.1, 0.15) is 16.8 Å². The number of nitrogens with zero attached hydrogens (tertiary/aromatic N) is 4. The lowest BCUT2D eigenvalue weighted by Gasteiger charge is -2.22. The number of imidazole rings is 1. The summed E-state index contributed by atoms with van der Waals surface area (Å²) in [5.74, 6) is 0.0424. The van der Waals surface area contributed by atoms with Crippen molar-refractivity contribution in [1.29, 1.82) is 5.26 Å². The van der Waals surface area contributed by atoms with E-state index in [1.165, 1.54) is 18.7 Å². The number of carbonyl (C=O) groups is 1. The first-order valence-electron chi connectivity index (χ1n) is 7.80. The molecule has 136 valence electrons. The van der Waals surface area contributed by atoms with E-state index in [0.29, 0.717) is 22.1 Å². The highest BCUT2D eigenvalue weighted by Crippen LogP contribution is 2.30. The summed E-state index contributed by atoms with van der Waals surface area (Å²) >= 11 is 1.35. The zero-order valence-electron chi connectivity index (χ0n) is 14.2. The van der Waals surface area contributed by atoms with Gasteiger partial charge in [0.05, 0.1) is 29.2 Å². The first kappa shape index (κ1) is 18.4. The molecule has 0 unspecified atom stereocenters. The van der Waals surface area contributed by atoms with Crippen LogP contribution in [0.2, 0.25) is 0 Å². The van der Waals surface area contributed by atoms with Crippen molar-refractivity contribution in [3.8, 4) is 17.6 Å². The van der Waals surface area contributed by atoms with Crippen LogP contribution >= 0.6 is 11.8 Å². The van der Waals surface area contributed by atoms with Gasteiger partial charge in [-0.05, 0) is 18.4 Å². The van der Waals surface area contributed by atoms with Gasteiger partial charge in [-0.3, -0.25) is 4.79 Å². The van der Waals surface area contributed by atoms with Crippen molar-refractivity contribution in [2.24, 2.45) is 0 Å². The average molecular weight is 391 g/mol. The molecule has 3 heterocycles. The third-order valence-corrected chi connectivity index (χ3v) is 6.55. The molecule has 2 aromatic rings. The summed E-state index contributed by atoms with van der Waals surface area (Å²) in [6.07, 6.45) is 5.09. The molecule has 0 spiro atoms. The number of hydrogen-bond donors (Lipinski definition) is 1. The smallest absolute Gasteiger partial charge is 0.217 e. The fraction of sp³-hybridized carbons (Fsp3) is 0.375. The lowest BCUT2D eigenvalue weighted by molar-refractivity contribution is -0.119. The molecular weight excluding hydrogens is 374 g/mol. The molecule has 1 amide bonds. The van der Waals surface area contributed by atoms with E-state index in [2.05, 4.69) is 21.4 Å². The van der Waals surface area contributed by atoms with E-state index < -0.39 is 21.9 Å². The second kappa shape index (κ2) is 7.09. The third-order valence-electron chi connectivity index (χ3n) is 4.14. The molecule has 1 aliphatic rings. The van der Waals surface area contributed by atoms with Crippen molar-refractivity contribution in [2.75, 3.05) is 17.8 Å². The molecule has 0 aromatic carbocycles. The predicted octanol–water partition coefficient (Wildman–Crippen LogP) is 1.01. The largest absolute Gasteiger partial charge is 0.350 e. The highest BCUT2D eigenvalue weighted by molar-refractivity contribution is 7.98. The summed E-state index contributed by atoms with van der Waals surface area (Å²) in [5.41, 5.74) is 1.02. The van der Waals surface area contributed by atoms with Crippen LogP contribution in [0.15, 0.2) is 29.6 Å². The highest BCUT2D eigenvalue weighted by atomic mass is 32.2. The van der Waals surface area contributed by atoms with Gasteiger partial charge in [-0.25, -0.2) is 18.4 Å². The van der Waals surface area contributed by atoms with Crippen molar-refractivity contribution in [3.63, 3.8) is 0 Å². The van der Waals surface area contributed by atoms with Gasteiger partial charge in [0.25, 0.3) is 0 Å². The molecule has 1 fully saturated rings. The standard InChI is InChI=1S/C16H17N5O3S2/c1-10(22)19-13-8-26(23,24)9-14(13)21-6-5-18-15(21)12-4-3-11(7-17)16(20-12)25-2/h3-6,13-14H,8-9H2,1-2H3,(H,19,22)/t13-,14-/m1/s1. The van der Waals surface area contributed by atoms with E-state index in [-0.39, 0.29) is 17.4 Å². The maximum atomic E-state index is 12.1. The monoisotopic (exact) mass is 391 g/mol. The Morgan fingerprint density at radius 1 is 1.42 bits per heavy atom. The molecule has 3 rings (SSSR count).